The quantitative estimate of drug-likeness (QED) is 0.391. The van der Waals surface area contributed by atoms with Gasteiger partial charge in [0.05, 0.1) is 11.0 Å². The molecule has 5 saturated carbocycles. The van der Waals surface area contributed by atoms with E-state index in [0.717, 1.165) is 32.1 Å². The lowest BCUT2D eigenvalue weighted by Crippen LogP contribution is -2.60. The molecule has 2 atom stereocenters. The Hall–Kier alpha value is -2.20. The third-order valence-electron chi connectivity index (χ3n) is 8.51. The fourth-order valence-electron chi connectivity index (χ4n) is 7.38. The molecule has 0 heterocycles. The second-order valence-corrected chi connectivity index (χ2v) is 13.2. The Bertz CT molecular complexity index is 1140. The minimum absolute atomic E-state index is 0.0400. The van der Waals surface area contributed by atoms with E-state index in [4.69, 9.17) is 18.8 Å². The van der Waals surface area contributed by atoms with Crippen molar-refractivity contribution >= 4 is 22.1 Å². The Kier molecular flexibility index (Phi) is 6.34. The largest absolute Gasteiger partial charge is 0.484 e. The van der Waals surface area contributed by atoms with E-state index in [2.05, 4.69) is 0 Å². The highest BCUT2D eigenvalue weighted by atomic mass is 32.2. The van der Waals surface area contributed by atoms with Gasteiger partial charge in [0, 0.05) is 6.42 Å². The third kappa shape index (κ3) is 5.11. The SMILES string of the molecule is CC1(Oc2cc(C(=O)OC34CC5CC(C3)CC(C(=O)OCCS(=O)(=O)O)(C5)C4)ccc2F)CCCC1. The van der Waals surface area contributed by atoms with E-state index in [1.54, 1.807) is 0 Å². The number of carbonyl (C=O) groups is 2. The van der Waals surface area contributed by atoms with Gasteiger partial charge >= 0.3 is 11.9 Å². The molecule has 5 fully saturated rings. The van der Waals surface area contributed by atoms with E-state index in [1.807, 2.05) is 6.92 Å². The Morgan fingerprint density at radius 3 is 2.42 bits per heavy atom. The van der Waals surface area contributed by atoms with Gasteiger partial charge in [-0.05, 0) is 94.7 Å². The maximum Gasteiger partial charge on any atom is 0.338 e. The summed E-state index contributed by atoms with van der Waals surface area (Å²) in [5.74, 6) is -1.82. The van der Waals surface area contributed by atoms with E-state index < -0.39 is 56.9 Å². The number of carbonyl (C=O) groups excluding carboxylic acids is 2. The molecule has 1 aromatic rings. The van der Waals surface area contributed by atoms with Crippen LogP contribution in [-0.4, -0.2) is 48.5 Å². The van der Waals surface area contributed by atoms with Crippen molar-refractivity contribution in [3.8, 4) is 5.75 Å². The molecule has 5 aliphatic rings. The van der Waals surface area contributed by atoms with Crippen molar-refractivity contribution in [1.82, 2.24) is 0 Å². The van der Waals surface area contributed by atoms with Gasteiger partial charge in [-0.3, -0.25) is 9.35 Å². The van der Waals surface area contributed by atoms with Crippen LogP contribution in [0, 0.1) is 23.1 Å². The van der Waals surface area contributed by atoms with Gasteiger partial charge in [0.2, 0.25) is 0 Å². The minimum atomic E-state index is -4.24. The van der Waals surface area contributed by atoms with Crippen LogP contribution in [0.1, 0.15) is 81.5 Å². The molecule has 0 aromatic heterocycles. The van der Waals surface area contributed by atoms with E-state index in [0.29, 0.717) is 32.1 Å². The van der Waals surface area contributed by atoms with Gasteiger partial charge in [0.25, 0.3) is 10.1 Å². The van der Waals surface area contributed by atoms with Crippen LogP contribution in [0.3, 0.4) is 0 Å². The highest BCUT2D eigenvalue weighted by Crippen LogP contribution is 2.63. The molecule has 0 aliphatic heterocycles. The zero-order valence-electron chi connectivity index (χ0n) is 20.5. The van der Waals surface area contributed by atoms with Gasteiger partial charge in [0.1, 0.15) is 23.6 Å². The summed E-state index contributed by atoms with van der Waals surface area (Å²) in [4.78, 5) is 26.3. The molecule has 6 rings (SSSR count). The first-order chi connectivity index (χ1) is 16.9. The van der Waals surface area contributed by atoms with E-state index in [1.165, 1.54) is 18.2 Å². The molecule has 0 spiro atoms. The Balaban J connectivity index is 1.31. The number of benzene rings is 1. The summed E-state index contributed by atoms with van der Waals surface area (Å²) in [6.07, 6.45) is 7.48. The average Bonchev–Trinajstić information content (AvgIpc) is 3.19. The monoisotopic (exact) mass is 524 g/mol. The van der Waals surface area contributed by atoms with Crippen LogP contribution in [0.4, 0.5) is 4.39 Å². The van der Waals surface area contributed by atoms with Gasteiger partial charge in [-0.2, -0.15) is 8.42 Å². The van der Waals surface area contributed by atoms with Crippen molar-refractivity contribution in [3.05, 3.63) is 29.6 Å². The molecule has 4 bridgehead atoms. The first-order valence-corrected chi connectivity index (χ1v) is 14.3. The summed E-state index contributed by atoms with van der Waals surface area (Å²) in [7, 11) is -4.24. The van der Waals surface area contributed by atoms with Gasteiger partial charge < -0.3 is 14.2 Å². The van der Waals surface area contributed by atoms with Crippen LogP contribution < -0.4 is 4.74 Å². The average molecular weight is 525 g/mol. The van der Waals surface area contributed by atoms with Crippen molar-refractivity contribution in [1.29, 1.82) is 0 Å². The lowest BCUT2D eigenvalue weighted by atomic mass is 9.48. The second kappa shape index (κ2) is 8.97. The van der Waals surface area contributed by atoms with Gasteiger partial charge in [-0.1, -0.05) is 0 Å². The molecule has 198 valence electrons. The maximum atomic E-state index is 14.5. The smallest absolute Gasteiger partial charge is 0.338 e. The first-order valence-electron chi connectivity index (χ1n) is 12.7. The molecule has 0 saturated heterocycles. The fraction of sp³-hybridized carbons (Fsp3) is 0.692. The van der Waals surface area contributed by atoms with Crippen LogP contribution in [0.25, 0.3) is 0 Å². The summed E-state index contributed by atoms with van der Waals surface area (Å²) >= 11 is 0. The molecule has 5 aliphatic carbocycles. The molecule has 0 radical (unpaired) electrons. The summed E-state index contributed by atoms with van der Waals surface area (Å²) in [6, 6.07) is 4.01. The number of ether oxygens (including phenoxy) is 3. The predicted octanol–water partition coefficient (Wildman–Crippen LogP) is 4.46. The van der Waals surface area contributed by atoms with Crippen molar-refractivity contribution in [2.75, 3.05) is 12.4 Å². The highest BCUT2D eigenvalue weighted by molar-refractivity contribution is 7.85. The molecule has 2 unspecified atom stereocenters. The lowest BCUT2D eigenvalue weighted by Gasteiger charge is -2.59. The van der Waals surface area contributed by atoms with Gasteiger partial charge in [-0.15, -0.1) is 0 Å². The molecule has 1 N–H and O–H groups in total. The normalized spacial score (nSPS) is 32.3. The van der Waals surface area contributed by atoms with E-state index in [9.17, 15) is 22.4 Å². The molecule has 8 nitrogen and oxygen atoms in total. The van der Waals surface area contributed by atoms with Gasteiger partial charge in [0.15, 0.2) is 11.6 Å². The van der Waals surface area contributed by atoms with E-state index >= 15 is 0 Å². The number of rotatable bonds is 8. The van der Waals surface area contributed by atoms with Crippen molar-refractivity contribution in [2.24, 2.45) is 17.3 Å². The maximum absolute atomic E-state index is 14.5. The number of hydrogen-bond donors (Lipinski definition) is 1. The van der Waals surface area contributed by atoms with Crippen LogP contribution in [0.2, 0.25) is 0 Å². The zero-order chi connectivity index (χ0) is 25.8. The molecule has 0 amide bonds. The number of halogens is 1. The topological polar surface area (TPSA) is 116 Å². The third-order valence-corrected chi connectivity index (χ3v) is 9.19. The van der Waals surface area contributed by atoms with Crippen LogP contribution in [-0.2, 0) is 24.4 Å². The fourth-order valence-corrected chi connectivity index (χ4v) is 7.68. The van der Waals surface area contributed by atoms with E-state index in [-0.39, 0.29) is 23.1 Å². The predicted molar refractivity (Wildman–Crippen MR) is 127 cm³/mol. The summed E-state index contributed by atoms with van der Waals surface area (Å²) in [5, 5.41) is 0. The summed E-state index contributed by atoms with van der Waals surface area (Å²) < 4.78 is 62.8. The molecule has 36 heavy (non-hydrogen) atoms. The van der Waals surface area contributed by atoms with Crippen LogP contribution in [0.5, 0.6) is 5.75 Å². The van der Waals surface area contributed by atoms with Crippen LogP contribution in [0.15, 0.2) is 18.2 Å². The zero-order valence-corrected chi connectivity index (χ0v) is 21.3. The Labute approximate surface area is 210 Å². The molecular formula is C26H33FO8S. The minimum Gasteiger partial charge on any atom is -0.484 e. The highest BCUT2D eigenvalue weighted by Gasteiger charge is 2.63. The van der Waals surface area contributed by atoms with Gasteiger partial charge in [-0.25, -0.2) is 9.18 Å². The van der Waals surface area contributed by atoms with Crippen molar-refractivity contribution in [2.45, 2.75) is 82.3 Å². The summed E-state index contributed by atoms with van der Waals surface area (Å²) in [6.45, 7) is 1.53. The molecule has 1 aromatic carbocycles. The number of esters is 2. The Morgan fingerprint density at radius 1 is 1.11 bits per heavy atom. The Morgan fingerprint density at radius 2 is 1.78 bits per heavy atom. The first kappa shape index (κ1) is 25.4. The van der Waals surface area contributed by atoms with Crippen LogP contribution >= 0.6 is 0 Å². The van der Waals surface area contributed by atoms with Crippen molar-refractivity contribution in [3.63, 3.8) is 0 Å². The standard InChI is InChI=1S/C26H33FO8S/c1-24(6-2-3-7-24)34-21-11-19(4-5-20(21)27)22(28)35-26-14-17-10-18(15-26)13-25(12-17,16-26)23(29)33-8-9-36(30,31)32/h4-5,11,17-18H,2-3,6-10,12-16H2,1H3,(H,30,31,32). The number of hydrogen-bond acceptors (Lipinski definition) is 7. The molecular weight excluding hydrogens is 491 g/mol. The molecule has 10 heteroatoms. The second-order valence-electron chi connectivity index (χ2n) is 11.6. The lowest BCUT2D eigenvalue weighted by molar-refractivity contribution is -0.196. The van der Waals surface area contributed by atoms with Crippen molar-refractivity contribution < 1.29 is 41.2 Å². The summed E-state index contributed by atoms with van der Waals surface area (Å²) in [5.41, 5.74) is -1.91.